The van der Waals surface area contributed by atoms with Gasteiger partial charge in [0.05, 0.1) is 13.7 Å². The van der Waals surface area contributed by atoms with Crippen LogP contribution in [0.5, 0.6) is 11.6 Å². The van der Waals surface area contributed by atoms with Crippen LogP contribution in [0.15, 0.2) is 42.6 Å². The maximum atomic E-state index is 11.9. The van der Waals surface area contributed by atoms with E-state index in [9.17, 15) is 4.79 Å². The molecule has 0 radical (unpaired) electrons. The molecule has 3 rings (SSSR count). The standard InChI is InChI=1S/C16H17N3O3/c1-21-15-13(6-4-8-17-15)19-16(20)18-10-12-9-11-5-2-3-7-14(11)22-12/h2-8,12H,9-10H2,1H3,(H2,18,19,20)/t12-/m0/s1. The van der Waals surface area contributed by atoms with Crippen LogP contribution in [0.4, 0.5) is 10.5 Å². The minimum absolute atomic E-state index is 0.0426. The summed E-state index contributed by atoms with van der Waals surface area (Å²) in [4.78, 5) is 16.0. The number of benzene rings is 1. The Morgan fingerprint density at radius 1 is 1.36 bits per heavy atom. The first kappa shape index (κ1) is 14.2. The number of pyridine rings is 1. The molecule has 0 saturated heterocycles. The molecule has 1 atom stereocenters. The number of nitrogens with one attached hydrogen (secondary N) is 2. The molecule has 0 fully saturated rings. The van der Waals surface area contributed by atoms with Gasteiger partial charge >= 0.3 is 6.03 Å². The summed E-state index contributed by atoms with van der Waals surface area (Å²) >= 11 is 0. The first-order valence-electron chi connectivity index (χ1n) is 7.04. The van der Waals surface area contributed by atoms with Gasteiger partial charge in [-0.3, -0.25) is 0 Å². The lowest BCUT2D eigenvalue weighted by Crippen LogP contribution is -2.37. The second kappa shape index (κ2) is 6.34. The van der Waals surface area contributed by atoms with Crippen LogP contribution in [0.2, 0.25) is 0 Å². The van der Waals surface area contributed by atoms with Crippen LogP contribution in [-0.4, -0.2) is 30.8 Å². The van der Waals surface area contributed by atoms with Crippen molar-refractivity contribution >= 4 is 11.7 Å². The van der Waals surface area contributed by atoms with E-state index in [1.54, 1.807) is 18.3 Å². The molecule has 6 heteroatoms. The molecule has 2 aromatic rings. The highest BCUT2D eigenvalue weighted by Gasteiger charge is 2.22. The maximum Gasteiger partial charge on any atom is 0.319 e. The Morgan fingerprint density at radius 2 is 2.23 bits per heavy atom. The average molecular weight is 299 g/mol. The third-order valence-electron chi connectivity index (χ3n) is 3.42. The Morgan fingerprint density at radius 3 is 3.05 bits per heavy atom. The Balaban J connectivity index is 1.51. The van der Waals surface area contributed by atoms with Crippen molar-refractivity contribution in [2.45, 2.75) is 12.5 Å². The quantitative estimate of drug-likeness (QED) is 0.908. The first-order valence-corrected chi connectivity index (χ1v) is 7.04. The topological polar surface area (TPSA) is 72.5 Å². The lowest BCUT2D eigenvalue weighted by molar-refractivity contribution is 0.219. The van der Waals surface area contributed by atoms with Crippen LogP contribution >= 0.6 is 0 Å². The van der Waals surface area contributed by atoms with Crippen LogP contribution < -0.4 is 20.1 Å². The molecule has 0 saturated carbocycles. The molecule has 114 valence electrons. The van der Waals surface area contributed by atoms with E-state index in [1.807, 2.05) is 24.3 Å². The Labute approximate surface area is 128 Å². The molecule has 1 aromatic carbocycles. The SMILES string of the molecule is COc1ncccc1NC(=O)NC[C@@H]1Cc2ccccc2O1. The highest BCUT2D eigenvalue weighted by Crippen LogP contribution is 2.27. The number of aromatic nitrogens is 1. The number of para-hydroxylation sites is 1. The van der Waals surface area contributed by atoms with Crippen LogP contribution in [-0.2, 0) is 6.42 Å². The predicted octanol–water partition coefficient (Wildman–Crippen LogP) is 2.22. The third kappa shape index (κ3) is 3.11. The molecular formula is C16H17N3O3. The summed E-state index contributed by atoms with van der Waals surface area (Å²) in [7, 11) is 1.51. The zero-order valence-electron chi connectivity index (χ0n) is 12.2. The second-order valence-electron chi connectivity index (χ2n) is 4.95. The molecule has 1 aromatic heterocycles. The normalized spacial score (nSPS) is 15.6. The highest BCUT2D eigenvalue weighted by molar-refractivity contribution is 5.90. The van der Waals surface area contributed by atoms with E-state index >= 15 is 0 Å². The number of carbonyl (C=O) groups is 1. The first-order chi connectivity index (χ1) is 10.8. The number of urea groups is 1. The van der Waals surface area contributed by atoms with Crippen molar-refractivity contribution < 1.29 is 14.3 Å². The molecule has 0 unspecified atom stereocenters. The molecule has 0 bridgehead atoms. The molecule has 2 N–H and O–H groups in total. The van der Waals surface area contributed by atoms with Crippen molar-refractivity contribution in [3.63, 3.8) is 0 Å². The molecular weight excluding hydrogens is 282 g/mol. The number of amides is 2. The van der Waals surface area contributed by atoms with Gasteiger partial charge in [0.25, 0.3) is 0 Å². The van der Waals surface area contributed by atoms with Crippen molar-refractivity contribution in [3.05, 3.63) is 48.2 Å². The van der Waals surface area contributed by atoms with E-state index in [0.717, 1.165) is 12.2 Å². The Bertz CT molecular complexity index is 650. The molecule has 1 aliphatic heterocycles. The lowest BCUT2D eigenvalue weighted by Gasteiger charge is -2.13. The number of fused-ring (bicyclic) bond motifs is 1. The van der Waals surface area contributed by atoms with Gasteiger partial charge in [-0.1, -0.05) is 18.2 Å². The van der Waals surface area contributed by atoms with E-state index in [4.69, 9.17) is 9.47 Å². The molecule has 0 spiro atoms. The number of rotatable bonds is 4. The summed E-state index contributed by atoms with van der Waals surface area (Å²) in [5.74, 6) is 1.27. The van der Waals surface area contributed by atoms with Crippen LogP contribution in [0.1, 0.15) is 5.56 Å². The van der Waals surface area contributed by atoms with Gasteiger partial charge in [0.1, 0.15) is 17.5 Å². The van der Waals surface area contributed by atoms with Crippen molar-refractivity contribution in [2.75, 3.05) is 19.0 Å². The van der Waals surface area contributed by atoms with Gasteiger partial charge in [-0.05, 0) is 23.8 Å². The van der Waals surface area contributed by atoms with Crippen molar-refractivity contribution in [2.24, 2.45) is 0 Å². The number of hydrogen-bond donors (Lipinski definition) is 2. The number of ether oxygens (including phenoxy) is 2. The fraction of sp³-hybridized carbons (Fsp3) is 0.250. The van der Waals surface area contributed by atoms with E-state index < -0.39 is 0 Å². The highest BCUT2D eigenvalue weighted by atomic mass is 16.5. The van der Waals surface area contributed by atoms with Crippen LogP contribution in [0.3, 0.4) is 0 Å². The molecule has 2 amide bonds. The van der Waals surface area contributed by atoms with Crippen LogP contribution in [0, 0.1) is 0 Å². The van der Waals surface area contributed by atoms with Crippen molar-refractivity contribution in [1.82, 2.24) is 10.3 Å². The fourth-order valence-electron chi connectivity index (χ4n) is 2.39. The van der Waals surface area contributed by atoms with Crippen molar-refractivity contribution in [1.29, 1.82) is 0 Å². The van der Waals surface area contributed by atoms with E-state index in [-0.39, 0.29) is 12.1 Å². The predicted molar refractivity (Wildman–Crippen MR) is 82.4 cm³/mol. The molecule has 6 nitrogen and oxygen atoms in total. The van der Waals surface area contributed by atoms with Gasteiger partial charge in [0.15, 0.2) is 0 Å². The van der Waals surface area contributed by atoms with Gasteiger partial charge in [-0.15, -0.1) is 0 Å². The minimum Gasteiger partial charge on any atom is -0.488 e. The smallest absolute Gasteiger partial charge is 0.319 e. The zero-order valence-corrected chi connectivity index (χ0v) is 12.2. The van der Waals surface area contributed by atoms with E-state index in [0.29, 0.717) is 18.1 Å². The zero-order chi connectivity index (χ0) is 15.4. The van der Waals surface area contributed by atoms with E-state index in [1.165, 1.54) is 12.7 Å². The summed E-state index contributed by atoms with van der Waals surface area (Å²) in [6.45, 7) is 0.434. The maximum absolute atomic E-state index is 11.9. The number of methoxy groups -OCH3 is 1. The Hall–Kier alpha value is -2.76. The summed E-state index contributed by atoms with van der Waals surface area (Å²) in [5.41, 5.74) is 1.70. The van der Waals surface area contributed by atoms with Gasteiger partial charge < -0.3 is 20.1 Å². The number of hydrogen-bond acceptors (Lipinski definition) is 4. The molecule has 2 heterocycles. The number of anilines is 1. The second-order valence-corrected chi connectivity index (χ2v) is 4.95. The molecule has 0 aliphatic carbocycles. The lowest BCUT2D eigenvalue weighted by atomic mass is 10.1. The summed E-state index contributed by atoms with van der Waals surface area (Å²) < 4.78 is 10.9. The largest absolute Gasteiger partial charge is 0.488 e. The minimum atomic E-state index is -0.314. The van der Waals surface area contributed by atoms with Gasteiger partial charge in [-0.25, -0.2) is 9.78 Å². The number of carbonyl (C=O) groups excluding carboxylic acids is 1. The summed E-state index contributed by atoms with van der Waals surface area (Å²) in [6, 6.07) is 11.1. The molecule has 22 heavy (non-hydrogen) atoms. The summed E-state index contributed by atoms with van der Waals surface area (Å²) in [5, 5.41) is 5.51. The molecule has 1 aliphatic rings. The Kier molecular flexibility index (Phi) is 4.09. The van der Waals surface area contributed by atoms with E-state index in [2.05, 4.69) is 15.6 Å². The number of nitrogens with zero attached hydrogens (tertiary/aromatic N) is 1. The average Bonchev–Trinajstić information content (AvgIpc) is 2.96. The summed E-state index contributed by atoms with van der Waals surface area (Å²) in [6.07, 6.45) is 2.36. The van der Waals surface area contributed by atoms with Gasteiger partial charge in [0, 0.05) is 12.6 Å². The van der Waals surface area contributed by atoms with Gasteiger partial charge in [0.2, 0.25) is 5.88 Å². The van der Waals surface area contributed by atoms with Gasteiger partial charge in [-0.2, -0.15) is 0 Å². The third-order valence-corrected chi connectivity index (χ3v) is 3.42. The van der Waals surface area contributed by atoms with Crippen LogP contribution in [0.25, 0.3) is 0 Å². The monoisotopic (exact) mass is 299 g/mol. The fourth-order valence-corrected chi connectivity index (χ4v) is 2.39. The van der Waals surface area contributed by atoms with Crippen molar-refractivity contribution in [3.8, 4) is 11.6 Å².